The lowest BCUT2D eigenvalue weighted by Crippen LogP contribution is -2.35. The Labute approximate surface area is 106 Å². The Morgan fingerprint density at radius 2 is 1.94 bits per heavy atom. The molecule has 0 aliphatic carbocycles. The van der Waals surface area contributed by atoms with Crippen LogP contribution in [0.15, 0.2) is 30.3 Å². The number of esters is 1. The van der Waals surface area contributed by atoms with E-state index in [1.54, 1.807) is 0 Å². The molecule has 0 bridgehead atoms. The smallest absolute Gasteiger partial charge is 0.323 e. The minimum atomic E-state index is -1.12. The lowest BCUT2D eigenvalue weighted by atomic mass is 10.0. The summed E-state index contributed by atoms with van der Waals surface area (Å²) in [7, 11) is 0. The molecule has 0 spiro atoms. The molecule has 0 saturated carbocycles. The highest BCUT2D eigenvalue weighted by Crippen LogP contribution is 2.14. The van der Waals surface area contributed by atoms with Gasteiger partial charge in [-0.05, 0) is 5.56 Å². The Morgan fingerprint density at radius 1 is 1.33 bits per heavy atom. The van der Waals surface area contributed by atoms with Gasteiger partial charge in [0.1, 0.15) is 6.04 Å². The largest absolute Gasteiger partial charge is 0.481 e. The van der Waals surface area contributed by atoms with Crippen LogP contribution in [0.3, 0.4) is 0 Å². The first-order chi connectivity index (χ1) is 8.50. The molecule has 1 rings (SSSR count). The molecule has 98 valence electrons. The first-order valence-electron chi connectivity index (χ1n) is 5.69. The van der Waals surface area contributed by atoms with Crippen molar-refractivity contribution >= 4 is 11.9 Å². The van der Waals surface area contributed by atoms with E-state index in [0.29, 0.717) is 0 Å². The van der Waals surface area contributed by atoms with Gasteiger partial charge >= 0.3 is 11.9 Å². The second kappa shape index (κ2) is 6.76. The fourth-order valence-electron chi connectivity index (χ4n) is 1.46. The standard InChI is InChI=1S/C13H17NO4/c1-9(10-5-3-2-4-6-10)8-18-13(17)11(14)7-12(15)16/h2-6,9,11H,7-8,14H2,1H3,(H,15,16)/t9?,11-/m0/s1. The molecule has 0 amide bonds. The summed E-state index contributed by atoms with van der Waals surface area (Å²) in [5, 5.41) is 8.50. The molecule has 18 heavy (non-hydrogen) atoms. The van der Waals surface area contributed by atoms with Gasteiger partial charge in [-0.3, -0.25) is 9.59 Å². The Hall–Kier alpha value is -1.88. The average Bonchev–Trinajstić information content (AvgIpc) is 2.35. The SMILES string of the molecule is CC(COC(=O)[C@@H](N)CC(=O)O)c1ccccc1. The van der Waals surface area contributed by atoms with Crippen molar-refractivity contribution < 1.29 is 19.4 Å². The van der Waals surface area contributed by atoms with Crippen LogP contribution in [-0.2, 0) is 14.3 Å². The van der Waals surface area contributed by atoms with Gasteiger partial charge in [0.05, 0.1) is 13.0 Å². The number of carbonyl (C=O) groups is 2. The number of carbonyl (C=O) groups excluding carboxylic acids is 1. The molecule has 0 heterocycles. The average molecular weight is 251 g/mol. The van der Waals surface area contributed by atoms with Crippen LogP contribution < -0.4 is 5.73 Å². The van der Waals surface area contributed by atoms with Crippen LogP contribution in [0.4, 0.5) is 0 Å². The fourth-order valence-corrected chi connectivity index (χ4v) is 1.46. The van der Waals surface area contributed by atoms with Crippen LogP contribution in [0.2, 0.25) is 0 Å². The van der Waals surface area contributed by atoms with Gasteiger partial charge < -0.3 is 15.6 Å². The number of hydrogen-bond donors (Lipinski definition) is 2. The second-order valence-corrected chi connectivity index (χ2v) is 4.15. The van der Waals surface area contributed by atoms with Gasteiger partial charge in [-0.15, -0.1) is 0 Å². The quantitative estimate of drug-likeness (QED) is 0.740. The van der Waals surface area contributed by atoms with Crippen molar-refractivity contribution in [3.05, 3.63) is 35.9 Å². The summed E-state index contributed by atoms with van der Waals surface area (Å²) in [6.07, 6.45) is -0.418. The zero-order valence-corrected chi connectivity index (χ0v) is 10.2. The lowest BCUT2D eigenvalue weighted by Gasteiger charge is -2.14. The van der Waals surface area contributed by atoms with Gasteiger partial charge in [-0.2, -0.15) is 0 Å². The minimum absolute atomic E-state index is 0.0483. The maximum Gasteiger partial charge on any atom is 0.323 e. The van der Waals surface area contributed by atoms with E-state index in [1.807, 2.05) is 37.3 Å². The lowest BCUT2D eigenvalue weighted by molar-refractivity contribution is -0.149. The van der Waals surface area contributed by atoms with E-state index < -0.39 is 24.4 Å². The molecule has 0 saturated heterocycles. The number of hydrogen-bond acceptors (Lipinski definition) is 4. The first kappa shape index (κ1) is 14.2. The number of benzene rings is 1. The number of carboxylic acid groups (broad SMARTS) is 1. The highest BCUT2D eigenvalue weighted by Gasteiger charge is 2.19. The molecule has 3 N–H and O–H groups in total. The molecule has 5 nitrogen and oxygen atoms in total. The van der Waals surface area contributed by atoms with Gasteiger partial charge in [0.15, 0.2) is 0 Å². The van der Waals surface area contributed by atoms with Gasteiger partial charge in [-0.1, -0.05) is 37.3 Å². The number of carboxylic acids is 1. The Morgan fingerprint density at radius 3 is 2.50 bits per heavy atom. The van der Waals surface area contributed by atoms with Crippen molar-refractivity contribution in [3.8, 4) is 0 Å². The summed E-state index contributed by atoms with van der Waals surface area (Å²) >= 11 is 0. The van der Waals surface area contributed by atoms with Crippen LogP contribution in [-0.4, -0.2) is 29.7 Å². The third-order valence-electron chi connectivity index (χ3n) is 2.54. The van der Waals surface area contributed by atoms with Crippen LogP contribution in [0.25, 0.3) is 0 Å². The van der Waals surface area contributed by atoms with Crippen molar-refractivity contribution in [1.82, 2.24) is 0 Å². The van der Waals surface area contributed by atoms with Crippen molar-refractivity contribution in [2.45, 2.75) is 25.3 Å². The van der Waals surface area contributed by atoms with Gasteiger partial charge in [0.2, 0.25) is 0 Å². The molecule has 0 aliphatic rings. The number of rotatable bonds is 6. The van der Waals surface area contributed by atoms with E-state index in [1.165, 1.54) is 0 Å². The number of ether oxygens (including phenoxy) is 1. The van der Waals surface area contributed by atoms with Crippen molar-refractivity contribution in [2.24, 2.45) is 5.73 Å². The second-order valence-electron chi connectivity index (χ2n) is 4.15. The Kier molecular flexibility index (Phi) is 5.32. The number of aliphatic carboxylic acids is 1. The molecule has 0 fully saturated rings. The van der Waals surface area contributed by atoms with E-state index in [9.17, 15) is 9.59 Å². The third-order valence-corrected chi connectivity index (χ3v) is 2.54. The minimum Gasteiger partial charge on any atom is -0.481 e. The summed E-state index contributed by atoms with van der Waals surface area (Å²) in [4.78, 5) is 21.8. The molecule has 5 heteroatoms. The molecule has 1 unspecified atom stereocenters. The maximum atomic E-state index is 11.4. The van der Waals surface area contributed by atoms with Crippen molar-refractivity contribution in [2.75, 3.05) is 6.61 Å². The van der Waals surface area contributed by atoms with Crippen molar-refractivity contribution in [3.63, 3.8) is 0 Å². The number of nitrogens with two attached hydrogens (primary N) is 1. The van der Waals surface area contributed by atoms with Crippen LogP contribution >= 0.6 is 0 Å². The fraction of sp³-hybridized carbons (Fsp3) is 0.385. The van der Waals surface area contributed by atoms with Crippen LogP contribution in [0.1, 0.15) is 24.8 Å². The third kappa shape index (κ3) is 4.55. The first-order valence-corrected chi connectivity index (χ1v) is 5.69. The molecule has 1 aromatic rings. The van der Waals surface area contributed by atoms with E-state index in [2.05, 4.69) is 0 Å². The van der Waals surface area contributed by atoms with Gasteiger partial charge in [0, 0.05) is 5.92 Å². The Bertz CT molecular complexity index is 405. The van der Waals surface area contributed by atoms with E-state index in [0.717, 1.165) is 5.56 Å². The zero-order chi connectivity index (χ0) is 13.5. The van der Waals surface area contributed by atoms with Crippen LogP contribution in [0, 0.1) is 0 Å². The zero-order valence-electron chi connectivity index (χ0n) is 10.2. The predicted molar refractivity (Wildman–Crippen MR) is 66.0 cm³/mol. The molecule has 0 aliphatic heterocycles. The highest BCUT2D eigenvalue weighted by molar-refractivity contribution is 5.81. The van der Waals surface area contributed by atoms with Gasteiger partial charge in [0.25, 0.3) is 0 Å². The molecular weight excluding hydrogens is 234 g/mol. The van der Waals surface area contributed by atoms with Crippen LogP contribution in [0.5, 0.6) is 0 Å². The summed E-state index contributed by atoms with van der Waals surface area (Å²) in [5.74, 6) is -1.75. The molecule has 2 atom stereocenters. The summed E-state index contributed by atoms with van der Waals surface area (Å²) in [5.41, 5.74) is 6.44. The van der Waals surface area contributed by atoms with E-state index in [4.69, 9.17) is 15.6 Å². The summed E-state index contributed by atoms with van der Waals surface area (Å²) in [6.45, 7) is 2.11. The predicted octanol–water partition coefficient (Wildman–Crippen LogP) is 1.14. The highest BCUT2D eigenvalue weighted by atomic mass is 16.5. The normalized spacial score (nSPS) is 13.7. The monoisotopic (exact) mass is 251 g/mol. The summed E-state index contributed by atoms with van der Waals surface area (Å²) < 4.78 is 4.99. The Balaban J connectivity index is 2.41. The molecular formula is C13H17NO4. The van der Waals surface area contributed by atoms with E-state index >= 15 is 0 Å². The molecule has 0 aromatic heterocycles. The van der Waals surface area contributed by atoms with Gasteiger partial charge in [-0.25, -0.2) is 0 Å². The van der Waals surface area contributed by atoms with E-state index in [-0.39, 0.29) is 12.5 Å². The van der Waals surface area contributed by atoms with Crippen molar-refractivity contribution in [1.29, 1.82) is 0 Å². The topological polar surface area (TPSA) is 89.6 Å². The summed E-state index contributed by atoms with van der Waals surface area (Å²) in [6, 6.07) is 8.50. The maximum absolute atomic E-state index is 11.4. The molecule has 0 radical (unpaired) electrons. The molecule has 1 aromatic carbocycles.